The first-order valence-electron chi connectivity index (χ1n) is 13.3. The molecule has 3 aromatic rings. The standard InChI is InChI=1S/C32H39N3O4/c1-7-35(30(37)27(21-24-16-9-8-10-17-24)34-31(38)39-32(4,5)6)28(25-18-13-14-22(2)20-25)29(36)33-26-19-12-11-15-23(26)3/h8-20,27-28H,7,21H2,1-6H3,(H,33,36)(H,34,38). The lowest BCUT2D eigenvalue weighted by molar-refractivity contribution is -0.140. The minimum atomic E-state index is -0.944. The smallest absolute Gasteiger partial charge is 0.408 e. The van der Waals surface area contributed by atoms with Gasteiger partial charge in [0, 0.05) is 18.7 Å². The first-order valence-corrected chi connectivity index (χ1v) is 13.3. The van der Waals surface area contributed by atoms with Crippen LogP contribution in [-0.4, -0.2) is 41.0 Å². The molecule has 0 aromatic heterocycles. The molecule has 7 nitrogen and oxygen atoms in total. The maximum absolute atomic E-state index is 14.2. The molecule has 39 heavy (non-hydrogen) atoms. The molecule has 2 unspecified atom stereocenters. The summed E-state index contributed by atoms with van der Waals surface area (Å²) in [6.07, 6.45) is -0.445. The van der Waals surface area contributed by atoms with Gasteiger partial charge in [-0.25, -0.2) is 4.79 Å². The molecular weight excluding hydrogens is 490 g/mol. The second-order valence-electron chi connectivity index (χ2n) is 10.6. The van der Waals surface area contributed by atoms with E-state index >= 15 is 0 Å². The highest BCUT2D eigenvalue weighted by molar-refractivity contribution is 5.99. The van der Waals surface area contributed by atoms with E-state index in [1.165, 1.54) is 4.90 Å². The number of anilines is 1. The largest absolute Gasteiger partial charge is 0.444 e. The number of benzene rings is 3. The predicted molar refractivity (Wildman–Crippen MR) is 154 cm³/mol. The number of aryl methyl sites for hydroxylation is 2. The van der Waals surface area contributed by atoms with Crippen molar-refractivity contribution in [1.82, 2.24) is 10.2 Å². The molecule has 0 bridgehead atoms. The monoisotopic (exact) mass is 529 g/mol. The molecule has 0 radical (unpaired) electrons. The SMILES string of the molecule is CCN(C(=O)C(Cc1ccccc1)NC(=O)OC(C)(C)C)C(C(=O)Nc1ccccc1C)c1cccc(C)c1. The van der Waals surface area contributed by atoms with E-state index in [1.807, 2.05) is 99.6 Å². The van der Waals surface area contributed by atoms with Gasteiger partial charge < -0.3 is 20.3 Å². The van der Waals surface area contributed by atoms with Crippen molar-refractivity contribution in [2.24, 2.45) is 0 Å². The predicted octanol–water partition coefficient (Wildman–Crippen LogP) is 5.97. The van der Waals surface area contributed by atoms with E-state index in [0.717, 1.165) is 16.7 Å². The molecule has 3 aromatic carbocycles. The third kappa shape index (κ3) is 8.43. The van der Waals surface area contributed by atoms with E-state index in [4.69, 9.17) is 4.74 Å². The Morgan fingerprint density at radius 3 is 2.18 bits per heavy atom. The van der Waals surface area contributed by atoms with Gasteiger partial charge in [0.2, 0.25) is 5.91 Å². The normalized spacial score (nSPS) is 12.7. The first kappa shape index (κ1) is 29.4. The molecule has 3 rings (SSSR count). The third-order valence-electron chi connectivity index (χ3n) is 6.22. The van der Waals surface area contributed by atoms with Crippen molar-refractivity contribution in [3.8, 4) is 0 Å². The summed E-state index contributed by atoms with van der Waals surface area (Å²) < 4.78 is 5.47. The zero-order valence-electron chi connectivity index (χ0n) is 23.7. The van der Waals surface area contributed by atoms with Crippen molar-refractivity contribution < 1.29 is 19.1 Å². The zero-order valence-corrected chi connectivity index (χ0v) is 23.7. The number of ether oxygens (including phenoxy) is 1. The maximum Gasteiger partial charge on any atom is 0.408 e. The molecule has 0 aliphatic heterocycles. The molecule has 0 aliphatic carbocycles. The number of rotatable bonds is 9. The van der Waals surface area contributed by atoms with Crippen LogP contribution in [0.2, 0.25) is 0 Å². The lowest BCUT2D eigenvalue weighted by Crippen LogP contribution is -2.53. The van der Waals surface area contributed by atoms with Crippen LogP contribution in [0.5, 0.6) is 0 Å². The van der Waals surface area contributed by atoms with Gasteiger partial charge in [0.1, 0.15) is 17.7 Å². The van der Waals surface area contributed by atoms with Crippen LogP contribution in [0.25, 0.3) is 0 Å². The summed E-state index contributed by atoms with van der Waals surface area (Å²) in [4.78, 5) is 42.3. The molecule has 0 aliphatic rings. The van der Waals surface area contributed by atoms with Crippen LogP contribution in [0.1, 0.15) is 56.0 Å². The van der Waals surface area contributed by atoms with Crippen LogP contribution in [0.3, 0.4) is 0 Å². The van der Waals surface area contributed by atoms with Gasteiger partial charge in [-0.15, -0.1) is 0 Å². The van der Waals surface area contributed by atoms with Gasteiger partial charge in [0.05, 0.1) is 0 Å². The number of hydrogen-bond acceptors (Lipinski definition) is 4. The van der Waals surface area contributed by atoms with Crippen molar-refractivity contribution in [1.29, 1.82) is 0 Å². The molecule has 0 fully saturated rings. The number of carbonyl (C=O) groups is 3. The number of para-hydroxylation sites is 1. The molecule has 0 heterocycles. The molecule has 2 N–H and O–H groups in total. The van der Waals surface area contributed by atoms with Gasteiger partial charge >= 0.3 is 6.09 Å². The molecule has 2 atom stereocenters. The van der Waals surface area contributed by atoms with Crippen molar-refractivity contribution in [2.75, 3.05) is 11.9 Å². The van der Waals surface area contributed by atoms with Crippen LogP contribution >= 0.6 is 0 Å². The average molecular weight is 530 g/mol. The Morgan fingerprint density at radius 2 is 1.56 bits per heavy atom. The van der Waals surface area contributed by atoms with E-state index in [9.17, 15) is 14.4 Å². The van der Waals surface area contributed by atoms with E-state index in [1.54, 1.807) is 20.8 Å². The van der Waals surface area contributed by atoms with Gasteiger partial charge in [-0.2, -0.15) is 0 Å². The van der Waals surface area contributed by atoms with E-state index < -0.39 is 23.8 Å². The number of nitrogens with zero attached hydrogens (tertiary/aromatic N) is 1. The molecule has 0 saturated heterocycles. The highest BCUT2D eigenvalue weighted by Crippen LogP contribution is 2.26. The molecule has 3 amide bonds. The Morgan fingerprint density at radius 1 is 0.897 bits per heavy atom. The minimum absolute atomic E-state index is 0.245. The number of likely N-dealkylation sites (N-methyl/N-ethyl adjacent to an activating group) is 1. The molecule has 7 heteroatoms. The van der Waals surface area contributed by atoms with Gasteiger partial charge in [0.25, 0.3) is 5.91 Å². The first-order chi connectivity index (χ1) is 18.5. The quantitative estimate of drug-likeness (QED) is 0.358. The van der Waals surface area contributed by atoms with E-state index in [2.05, 4.69) is 10.6 Å². The summed E-state index contributed by atoms with van der Waals surface area (Å²) >= 11 is 0. The highest BCUT2D eigenvalue weighted by atomic mass is 16.6. The number of carbonyl (C=O) groups excluding carboxylic acids is 3. The van der Waals surface area contributed by atoms with Gasteiger partial charge in [-0.05, 0) is 64.3 Å². The fourth-order valence-electron chi connectivity index (χ4n) is 4.39. The van der Waals surface area contributed by atoms with Crippen molar-refractivity contribution in [2.45, 2.75) is 65.6 Å². The van der Waals surface area contributed by atoms with Crippen LogP contribution in [-0.2, 0) is 20.7 Å². The Kier molecular flexibility index (Phi) is 9.88. The van der Waals surface area contributed by atoms with Crippen molar-refractivity contribution >= 4 is 23.6 Å². The average Bonchev–Trinajstić information content (AvgIpc) is 2.87. The summed E-state index contributed by atoms with van der Waals surface area (Å²) in [6, 6.07) is 22.7. The highest BCUT2D eigenvalue weighted by Gasteiger charge is 2.36. The second kappa shape index (κ2) is 13.1. The van der Waals surface area contributed by atoms with E-state index in [-0.39, 0.29) is 24.8 Å². The van der Waals surface area contributed by atoms with Crippen LogP contribution in [0.4, 0.5) is 10.5 Å². The van der Waals surface area contributed by atoms with Crippen LogP contribution in [0, 0.1) is 13.8 Å². The Balaban J connectivity index is 2.00. The lowest BCUT2D eigenvalue weighted by atomic mass is 9.99. The number of hydrogen-bond donors (Lipinski definition) is 2. The molecule has 206 valence electrons. The molecule has 0 spiro atoms. The molecule has 0 saturated carbocycles. The minimum Gasteiger partial charge on any atom is -0.444 e. The number of amides is 3. The number of nitrogens with one attached hydrogen (secondary N) is 2. The summed E-state index contributed by atoms with van der Waals surface area (Å²) in [5.41, 5.74) is 3.39. The third-order valence-corrected chi connectivity index (χ3v) is 6.22. The summed E-state index contributed by atoms with van der Waals surface area (Å²) in [5, 5.41) is 5.78. The van der Waals surface area contributed by atoms with Crippen molar-refractivity contribution in [3.05, 3.63) is 101 Å². The van der Waals surface area contributed by atoms with Gasteiger partial charge in [0.15, 0.2) is 0 Å². The lowest BCUT2D eigenvalue weighted by Gasteiger charge is -2.34. The zero-order chi connectivity index (χ0) is 28.6. The van der Waals surface area contributed by atoms with E-state index in [0.29, 0.717) is 11.3 Å². The second-order valence-corrected chi connectivity index (χ2v) is 10.6. The van der Waals surface area contributed by atoms with Crippen molar-refractivity contribution in [3.63, 3.8) is 0 Å². The van der Waals surface area contributed by atoms with Crippen LogP contribution < -0.4 is 10.6 Å². The summed E-state index contributed by atoms with van der Waals surface area (Å²) in [5.74, 6) is -0.709. The molecular formula is C32H39N3O4. The summed E-state index contributed by atoms with van der Waals surface area (Å²) in [7, 11) is 0. The Labute approximate surface area is 231 Å². The maximum atomic E-state index is 14.2. The van der Waals surface area contributed by atoms with Gasteiger partial charge in [-0.3, -0.25) is 9.59 Å². The number of alkyl carbamates (subject to hydrolysis) is 1. The summed E-state index contributed by atoms with van der Waals surface area (Å²) in [6.45, 7) is 11.2. The fraction of sp³-hybridized carbons (Fsp3) is 0.344. The Hall–Kier alpha value is -4.13. The van der Waals surface area contributed by atoms with Crippen LogP contribution in [0.15, 0.2) is 78.9 Å². The Bertz CT molecular complexity index is 1280. The van der Waals surface area contributed by atoms with Gasteiger partial charge in [-0.1, -0.05) is 78.4 Å². The fourth-order valence-corrected chi connectivity index (χ4v) is 4.39. The topological polar surface area (TPSA) is 87.7 Å².